The molecular weight excluding hydrogens is 450 g/mol. The molecular formula is C30H37N3O3. The second-order valence-electron chi connectivity index (χ2n) is 9.64. The summed E-state index contributed by atoms with van der Waals surface area (Å²) in [5.41, 5.74) is 7.02. The highest BCUT2D eigenvalue weighted by Gasteiger charge is 2.21. The Morgan fingerprint density at radius 2 is 2.19 bits per heavy atom. The normalized spacial score (nSPS) is 17.1. The van der Waals surface area contributed by atoms with Gasteiger partial charge in [-0.15, -0.1) is 0 Å². The number of ether oxygens (including phenoxy) is 1. The molecule has 0 bridgehead atoms. The smallest absolute Gasteiger partial charge is 0.252 e. The van der Waals surface area contributed by atoms with Crippen molar-refractivity contribution in [1.29, 1.82) is 0 Å². The molecule has 3 atom stereocenters. The van der Waals surface area contributed by atoms with Gasteiger partial charge in [-0.1, -0.05) is 50.1 Å². The lowest BCUT2D eigenvalue weighted by atomic mass is 9.89. The van der Waals surface area contributed by atoms with E-state index in [2.05, 4.69) is 72.5 Å². The lowest BCUT2D eigenvalue weighted by molar-refractivity contribution is 0.0509. The summed E-state index contributed by atoms with van der Waals surface area (Å²) in [7, 11) is 0. The van der Waals surface area contributed by atoms with Gasteiger partial charge < -0.3 is 20.1 Å². The highest BCUT2D eigenvalue weighted by atomic mass is 16.5. The van der Waals surface area contributed by atoms with Crippen LogP contribution in [-0.4, -0.2) is 46.3 Å². The van der Waals surface area contributed by atoms with Crippen molar-refractivity contribution < 1.29 is 14.6 Å². The fourth-order valence-corrected chi connectivity index (χ4v) is 4.77. The molecule has 6 heteroatoms. The van der Waals surface area contributed by atoms with Crippen LogP contribution in [0.1, 0.15) is 66.2 Å². The first-order chi connectivity index (χ1) is 17.5. The molecule has 1 aliphatic carbocycles. The highest BCUT2D eigenvalue weighted by molar-refractivity contribution is 5.93. The molecule has 6 nitrogen and oxygen atoms in total. The zero-order chi connectivity index (χ0) is 25.5. The molecule has 4 rings (SSSR count). The lowest BCUT2D eigenvalue weighted by Gasteiger charge is -2.21. The van der Waals surface area contributed by atoms with Crippen LogP contribution < -0.4 is 5.32 Å². The second-order valence-corrected chi connectivity index (χ2v) is 9.64. The van der Waals surface area contributed by atoms with Gasteiger partial charge in [0.1, 0.15) is 0 Å². The van der Waals surface area contributed by atoms with Gasteiger partial charge in [0.2, 0.25) is 0 Å². The van der Waals surface area contributed by atoms with Crippen molar-refractivity contribution >= 4 is 16.8 Å². The quantitative estimate of drug-likeness (QED) is 0.339. The Morgan fingerprint density at radius 3 is 2.92 bits per heavy atom. The van der Waals surface area contributed by atoms with E-state index in [-0.39, 0.29) is 24.5 Å². The Morgan fingerprint density at radius 1 is 1.33 bits per heavy atom. The van der Waals surface area contributed by atoms with Crippen molar-refractivity contribution in [2.45, 2.75) is 64.6 Å². The standard InChI is InChI=1S/C30H37N3O3/c1-4-6-26-27-17-20(2)8-13-28(27)33-29(26)21(3)22-9-11-25(12-10-22)36-16-14-24(34)19-32-30(35)23-7-5-15-31-18-23/h5,7-11,13,15,17-18,21,24-25,33-34H,4,6,12,14,16,19H2,1-3H3,(H,32,35). The summed E-state index contributed by atoms with van der Waals surface area (Å²) < 4.78 is 5.98. The maximum atomic E-state index is 12.1. The number of allylic oxidation sites excluding steroid dienone is 2. The van der Waals surface area contributed by atoms with Gasteiger partial charge in [-0.3, -0.25) is 9.78 Å². The fraction of sp³-hybridized carbons (Fsp3) is 0.400. The summed E-state index contributed by atoms with van der Waals surface area (Å²) in [6.07, 6.45) is 12.5. The molecule has 1 aliphatic rings. The molecule has 0 aliphatic heterocycles. The number of nitrogens with one attached hydrogen (secondary N) is 2. The Bertz CT molecular complexity index is 1230. The maximum Gasteiger partial charge on any atom is 0.252 e. The number of aromatic nitrogens is 2. The number of carbonyl (C=O) groups excluding carboxylic acids is 1. The molecule has 0 saturated heterocycles. The summed E-state index contributed by atoms with van der Waals surface area (Å²) in [4.78, 5) is 19.7. The first kappa shape index (κ1) is 25.9. The van der Waals surface area contributed by atoms with E-state index in [9.17, 15) is 9.90 Å². The molecule has 190 valence electrons. The van der Waals surface area contributed by atoms with Gasteiger partial charge >= 0.3 is 0 Å². The molecule has 36 heavy (non-hydrogen) atoms. The van der Waals surface area contributed by atoms with E-state index in [0.717, 1.165) is 19.3 Å². The monoisotopic (exact) mass is 487 g/mol. The van der Waals surface area contributed by atoms with E-state index < -0.39 is 6.10 Å². The zero-order valence-electron chi connectivity index (χ0n) is 21.5. The van der Waals surface area contributed by atoms with Crippen LogP contribution in [0.25, 0.3) is 10.9 Å². The number of amides is 1. The summed E-state index contributed by atoms with van der Waals surface area (Å²) >= 11 is 0. The number of hydrogen-bond donors (Lipinski definition) is 3. The molecule has 3 N–H and O–H groups in total. The van der Waals surface area contributed by atoms with Crippen LogP contribution in [-0.2, 0) is 11.2 Å². The average Bonchev–Trinajstić information content (AvgIpc) is 3.25. The van der Waals surface area contributed by atoms with Crippen LogP contribution in [0.3, 0.4) is 0 Å². The molecule has 0 radical (unpaired) electrons. The average molecular weight is 488 g/mol. The Kier molecular flexibility index (Phi) is 8.73. The number of aryl methyl sites for hydroxylation is 2. The number of carbonyl (C=O) groups is 1. The minimum absolute atomic E-state index is 0.00129. The molecule has 1 amide bonds. The number of H-pyrrole nitrogens is 1. The van der Waals surface area contributed by atoms with Crippen LogP contribution >= 0.6 is 0 Å². The number of pyridine rings is 1. The van der Waals surface area contributed by atoms with Crippen LogP contribution in [0.4, 0.5) is 0 Å². The minimum atomic E-state index is -0.660. The van der Waals surface area contributed by atoms with Crippen molar-refractivity contribution in [1.82, 2.24) is 15.3 Å². The molecule has 3 aromatic rings. The third kappa shape index (κ3) is 6.31. The number of hydrogen-bond acceptors (Lipinski definition) is 4. The number of rotatable bonds is 11. The number of benzene rings is 1. The van der Waals surface area contributed by atoms with E-state index in [1.807, 2.05) is 0 Å². The predicted molar refractivity (Wildman–Crippen MR) is 144 cm³/mol. The van der Waals surface area contributed by atoms with E-state index >= 15 is 0 Å². The highest BCUT2D eigenvalue weighted by Crippen LogP contribution is 2.35. The molecule has 0 fully saturated rings. The van der Waals surface area contributed by atoms with Crippen LogP contribution in [0.5, 0.6) is 0 Å². The van der Waals surface area contributed by atoms with Gasteiger partial charge in [0.25, 0.3) is 5.91 Å². The predicted octanol–water partition coefficient (Wildman–Crippen LogP) is 5.38. The lowest BCUT2D eigenvalue weighted by Crippen LogP contribution is -2.33. The van der Waals surface area contributed by atoms with Crippen molar-refractivity contribution in [2.75, 3.05) is 13.2 Å². The number of aliphatic hydroxyl groups excluding tert-OH is 1. The zero-order valence-corrected chi connectivity index (χ0v) is 21.5. The third-order valence-corrected chi connectivity index (χ3v) is 6.82. The topological polar surface area (TPSA) is 87.2 Å². The molecule has 2 aromatic heterocycles. The molecule has 0 saturated carbocycles. The maximum absolute atomic E-state index is 12.1. The van der Waals surface area contributed by atoms with Crippen molar-refractivity contribution in [3.8, 4) is 0 Å². The van der Waals surface area contributed by atoms with Gasteiger partial charge in [0, 0.05) is 48.1 Å². The SMILES string of the molecule is CCCc1c(C(C)C2=CCC(OCCC(O)CNC(=O)c3cccnc3)C=C2)[nH]c2ccc(C)cc12. The Hall–Kier alpha value is -3.22. The molecule has 1 aromatic carbocycles. The molecule has 0 spiro atoms. The first-order valence-corrected chi connectivity index (χ1v) is 12.9. The van der Waals surface area contributed by atoms with Gasteiger partial charge in [-0.2, -0.15) is 0 Å². The summed E-state index contributed by atoms with van der Waals surface area (Å²) in [5.74, 6) is 0.0407. The summed E-state index contributed by atoms with van der Waals surface area (Å²) in [6.45, 7) is 7.26. The number of nitrogens with zero attached hydrogens (tertiary/aromatic N) is 1. The minimum Gasteiger partial charge on any atom is -0.391 e. The van der Waals surface area contributed by atoms with Crippen molar-refractivity contribution in [3.63, 3.8) is 0 Å². The number of aliphatic hydroxyl groups is 1. The van der Waals surface area contributed by atoms with Crippen LogP contribution in [0, 0.1) is 6.92 Å². The summed E-state index contributed by atoms with van der Waals surface area (Å²) in [5, 5.41) is 14.3. The van der Waals surface area contributed by atoms with Crippen LogP contribution in [0.15, 0.2) is 66.5 Å². The number of aromatic amines is 1. The van der Waals surface area contributed by atoms with Gasteiger partial charge in [0.05, 0.1) is 17.8 Å². The Labute approximate surface area is 213 Å². The van der Waals surface area contributed by atoms with E-state index in [1.165, 1.54) is 39.5 Å². The largest absolute Gasteiger partial charge is 0.391 e. The first-order valence-electron chi connectivity index (χ1n) is 12.9. The molecule has 2 heterocycles. The van der Waals surface area contributed by atoms with Crippen molar-refractivity contribution in [3.05, 3.63) is 88.9 Å². The summed E-state index contributed by atoms with van der Waals surface area (Å²) in [6, 6.07) is 10.0. The Balaban J connectivity index is 1.26. The second kappa shape index (κ2) is 12.2. The van der Waals surface area contributed by atoms with Crippen molar-refractivity contribution in [2.24, 2.45) is 0 Å². The third-order valence-electron chi connectivity index (χ3n) is 6.82. The van der Waals surface area contributed by atoms with Crippen LogP contribution in [0.2, 0.25) is 0 Å². The van der Waals surface area contributed by atoms with E-state index in [0.29, 0.717) is 18.6 Å². The number of fused-ring (bicyclic) bond motifs is 1. The van der Waals surface area contributed by atoms with Gasteiger partial charge in [0.15, 0.2) is 0 Å². The van der Waals surface area contributed by atoms with Gasteiger partial charge in [-0.25, -0.2) is 0 Å². The van der Waals surface area contributed by atoms with E-state index in [4.69, 9.17) is 4.74 Å². The van der Waals surface area contributed by atoms with Gasteiger partial charge in [-0.05, 0) is 61.6 Å². The molecule has 3 unspecified atom stereocenters. The fourth-order valence-electron chi connectivity index (χ4n) is 4.77. The van der Waals surface area contributed by atoms with E-state index in [1.54, 1.807) is 18.3 Å².